The van der Waals surface area contributed by atoms with Gasteiger partial charge in [0.2, 0.25) is 11.8 Å². The number of nitrogens with one attached hydrogen (secondary N) is 1. The van der Waals surface area contributed by atoms with Crippen molar-refractivity contribution in [1.82, 2.24) is 10.2 Å². The van der Waals surface area contributed by atoms with E-state index in [0.29, 0.717) is 5.57 Å². The van der Waals surface area contributed by atoms with Crippen molar-refractivity contribution < 1.29 is 19.5 Å². The van der Waals surface area contributed by atoms with E-state index in [1.54, 1.807) is 6.92 Å². The topological polar surface area (TPSA) is 86.7 Å². The van der Waals surface area contributed by atoms with Crippen LogP contribution >= 0.6 is 11.8 Å². The zero-order valence-corrected chi connectivity index (χ0v) is 13.5. The predicted octanol–water partition coefficient (Wildman–Crippen LogP) is 1.51. The van der Waals surface area contributed by atoms with Crippen molar-refractivity contribution in [1.29, 1.82) is 0 Å². The average Bonchev–Trinajstić information content (AvgIpc) is 2.50. The van der Waals surface area contributed by atoms with Crippen LogP contribution in [-0.4, -0.2) is 38.5 Å². The summed E-state index contributed by atoms with van der Waals surface area (Å²) in [5.41, 5.74) is 1.32. The number of thioether (sulfide) groups is 1. The van der Waals surface area contributed by atoms with E-state index in [4.69, 9.17) is 0 Å². The number of benzene rings is 1. The molecule has 2 aliphatic rings. The van der Waals surface area contributed by atoms with Crippen molar-refractivity contribution >= 4 is 29.5 Å². The number of hydrogen-bond donors (Lipinski definition) is 2. The van der Waals surface area contributed by atoms with Gasteiger partial charge in [0.15, 0.2) is 0 Å². The monoisotopic (exact) mass is 332 g/mol. The van der Waals surface area contributed by atoms with E-state index in [2.05, 4.69) is 5.32 Å². The minimum absolute atomic E-state index is 0.0234. The molecule has 1 fully saturated rings. The Bertz CT molecular complexity index is 716. The molecule has 0 saturated carbocycles. The first-order chi connectivity index (χ1) is 10.9. The van der Waals surface area contributed by atoms with Gasteiger partial charge in [-0.05, 0) is 18.1 Å². The Morgan fingerprint density at radius 1 is 1.26 bits per heavy atom. The molecule has 7 heteroatoms. The van der Waals surface area contributed by atoms with Gasteiger partial charge in [-0.3, -0.25) is 14.5 Å². The van der Waals surface area contributed by atoms with Gasteiger partial charge in [0.25, 0.3) is 0 Å². The SMILES string of the molecule is CC(=O)NC1S[C@@H]2C(c3ccccc3)C(=O)N2C(C(=O)O)=C1C. The number of carbonyl (C=O) groups is 3. The molecule has 0 radical (unpaired) electrons. The van der Waals surface area contributed by atoms with Gasteiger partial charge in [-0.1, -0.05) is 30.3 Å². The largest absolute Gasteiger partial charge is 0.477 e. The molecule has 120 valence electrons. The van der Waals surface area contributed by atoms with Crippen LogP contribution in [0.2, 0.25) is 0 Å². The van der Waals surface area contributed by atoms with Crippen LogP contribution in [0.15, 0.2) is 41.6 Å². The third-order valence-corrected chi connectivity index (χ3v) is 5.53. The Labute approximate surface area is 137 Å². The molecule has 3 atom stereocenters. The predicted molar refractivity (Wildman–Crippen MR) is 85.3 cm³/mol. The van der Waals surface area contributed by atoms with Gasteiger partial charge >= 0.3 is 5.97 Å². The molecule has 0 aliphatic carbocycles. The molecule has 23 heavy (non-hydrogen) atoms. The number of hydrogen-bond acceptors (Lipinski definition) is 4. The standard InChI is InChI=1S/C16H16N2O4S/c1-8-12(16(21)22)18-14(20)11(10-6-4-3-5-7-10)15(18)23-13(8)17-9(2)19/h3-7,11,13,15H,1-2H3,(H,17,19)(H,21,22)/t11?,13?,15-/m1/s1. The van der Waals surface area contributed by atoms with E-state index in [1.807, 2.05) is 30.3 Å². The molecule has 6 nitrogen and oxygen atoms in total. The Morgan fingerprint density at radius 3 is 2.48 bits per heavy atom. The van der Waals surface area contributed by atoms with Crippen molar-refractivity contribution in [2.24, 2.45) is 0 Å². The molecular weight excluding hydrogens is 316 g/mol. The van der Waals surface area contributed by atoms with Crippen molar-refractivity contribution in [2.45, 2.75) is 30.5 Å². The van der Waals surface area contributed by atoms with Crippen molar-refractivity contribution in [2.75, 3.05) is 0 Å². The number of β-lactam (4-membered cyclic amide) rings is 1. The molecule has 3 rings (SSSR count). The van der Waals surface area contributed by atoms with Gasteiger partial charge in [0, 0.05) is 6.92 Å². The Hall–Kier alpha value is -2.28. The minimum atomic E-state index is -1.15. The number of carboxylic acids is 1. The first-order valence-corrected chi connectivity index (χ1v) is 8.10. The lowest BCUT2D eigenvalue weighted by molar-refractivity contribution is -0.148. The van der Waals surface area contributed by atoms with E-state index in [0.717, 1.165) is 5.56 Å². The van der Waals surface area contributed by atoms with Crippen LogP contribution in [0.3, 0.4) is 0 Å². The highest BCUT2D eigenvalue weighted by Crippen LogP contribution is 2.50. The molecule has 1 aromatic rings. The van der Waals surface area contributed by atoms with Gasteiger partial charge in [0.05, 0.1) is 5.92 Å². The number of carbonyl (C=O) groups excluding carboxylic acids is 2. The first kappa shape index (κ1) is 15.6. The van der Waals surface area contributed by atoms with E-state index >= 15 is 0 Å². The summed E-state index contributed by atoms with van der Waals surface area (Å²) in [6, 6.07) is 9.29. The van der Waals surface area contributed by atoms with Crippen LogP contribution in [0, 0.1) is 0 Å². The quantitative estimate of drug-likeness (QED) is 0.819. The molecule has 1 aromatic carbocycles. The maximum absolute atomic E-state index is 12.5. The second-order valence-corrected chi connectivity index (χ2v) is 6.77. The molecule has 2 heterocycles. The van der Waals surface area contributed by atoms with Crippen LogP contribution in [-0.2, 0) is 14.4 Å². The minimum Gasteiger partial charge on any atom is -0.477 e. The maximum atomic E-state index is 12.5. The molecule has 0 spiro atoms. The second-order valence-electron chi connectivity index (χ2n) is 5.54. The number of fused-ring (bicyclic) bond motifs is 1. The average molecular weight is 332 g/mol. The summed E-state index contributed by atoms with van der Waals surface area (Å²) in [4.78, 5) is 36.8. The van der Waals surface area contributed by atoms with Gasteiger partial charge < -0.3 is 10.4 Å². The van der Waals surface area contributed by atoms with Crippen LogP contribution in [0.5, 0.6) is 0 Å². The molecule has 2 N–H and O–H groups in total. The zero-order valence-electron chi connectivity index (χ0n) is 12.6. The first-order valence-electron chi connectivity index (χ1n) is 7.16. The lowest BCUT2D eigenvalue weighted by Crippen LogP contribution is -2.62. The number of rotatable bonds is 3. The number of aliphatic carboxylic acids is 1. The fourth-order valence-corrected chi connectivity index (χ4v) is 4.55. The van der Waals surface area contributed by atoms with E-state index in [-0.39, 0.29) is 28.8 Å². The highest BCUT2D eigenvalue weighted by Gasteiger charge is 2.55. The van der Waals surface area contributed by atoms with Crippen molar-refractivity contribution in [3.05, 3.63) is 47.2 Å². The van der Waals surface area contributed by atoms with E-state index < -0.39 is 11.3 Å². The van der Waals surface area contributed by atoms with Crippen molar-refractivity contribution in [3.63, 3.8) is 0 Å². The maximum Gasteiger partial charge on any atom is 0.352 e. The molecule has 2 aliphatic heterocycles. The summed E-state index contributed by atoms with van der Waals surface area (Å²) < 4.78 is 0. The summed E-state index contributed by atoms with van der Waals surface area (Å²) in [7, 11) is 0. The third kappa shape index (κ3) is 2.50. The highest BCUT2D eigenvalue weighted by molar-refractivity contribution is 8.00. The molecule has 1 saturated heterocycles. The number of nitrogens with zero attached hydrogens (tertiary/aromatic N) is 1. The molecule has 0 aromatic heterocycles. The van der Waals surface area contributed by atoms with Gasteiger partial charge in [-0.15, -0.1) is 11.8 Å². The smallest absolute Gasteiger partial charge is 0.352 e. The lowest BCUT2D eigenvalue weighted by Gasteiger charge is -2.51. The molecule has 2 unspecified atom stereocenters. The van der Waals surface area contributed by atoms with Crippen LogP contribution in [0.4, 0.5) is 0 Å². The van der Waals surface area contributed by atoms with Gasteiger partial charge in [0.1, 0.15) is 16.4 Å². The zero-order chi connectivity index (χ0) is 16.7. The lowest BCUT2D eigenvalue weighted by atomic mass is 9.88. The van der Waals surface area contributed by atoms with E-state index in [1.165, 1.54) is 23.6 Å². The van der Waals surface area contributed by atoms with Crippen LogP contribution in [0.25, 0.3) is 0 Å². The number of carboxylic acid groups (broad SMARTS) is 1. The van der Waals surface area contributed by atoms with Gasteiger partial charge in [-0.25, -0.2) is 4.79 Å². The van der Waals surface area contributed by atoms with Crippen molar-refractivity contribution in [3.8, 4) is 0 Å². The summed E-state index contributed by atoms with van der Waals surface area (Å²) in [5.74, 6) is -1.99. The Kier molecular flexibility index (Phi) is 3.89. The second kappa shape index (κ2) is 5.73. The summed E-state index contributed by atoms with van der Waals surface area (Å²) in [6.07, 6.45) is 0. The summed E-state index contributed by atoms with van der Waals surface area (Å²) in [6.45, 7) is 3.03. The fourth-order valence-electron chi connectivity index (χ4n) is 2.96. The van der Waals surface area contributed by atoms with Crippen LogP contribution < -0.4 is 5.32 Å². The molecule has 0 bridgehead atoms. The van der Waals surface area contributed by atoms with Gasteiger partial charge in [-0.2, -0.15) is 0 Å². The molecular formula is C16H16N2O4S. The summed E-state index contributed by atoms with van der Waals surface area (Å²) in [5, 5.41) is 11.5. The summed E-state index contributed by atoms with van der Waals surface area (Å²) >= 11 is 1.40. The highest BCUT2D eigenvalue weighted by atomic mass is 32.2. The fraction of sp³-hybridized carbons (Fsp3) is 0.312. The number of amides is 2. The van der Waals surface area contributed by atoms with E-state index in [9.17, 15) is 19.5 Å². The third-order valence-electron chi connectivity index (χ3n) is 4.02. The Balaban J connectivity index is 1.98. The Morgan fingerprint density at radius 2 is 1.91 bits per heavy atom. The normalized spacial score (nSPS) is 26.4. The van der Waals surface area contributed by atoms with Crippen LogP contribution in [0.1, 0.15) is 25.3 Å². The molecule has 2 amide bonds.